The average Bonchev–Trinajstić information content (AvgIpc) is 4.02. The van der Waals surface area contributed by atoms with E-state index in [1.807, 2.05) is 60.7 Å². The molecule has 0 N–H and O–H groups in total. The molecule has 14 rings (SSSR count). The molecule has 0 spiro atoms. The van der Waals surface area contributed by atoms with Crippen LogP contribution < -0.4 is 0 Å². The van der Waals surface area contributed by atoms with Gasteiger partial charge in [-0.1, -0.05) is 140 Å². The number of nitrogens with zero attached hydrogens (tertiary/aromatic N) is 4. The zero-order valence-electron chi connectivity index (χ0n) is 33.6. The second-order valence-corrected chi connectivity index (χ2v) is 16.3. The Morgan fingerprint density at radius 3 is 1.75 bits per heavy atom. The van der Waals surface area contributed by atoms with E-state index in [4.69, 9.17) is 23.8 Å². The Kier molecular flexibility index (Phi) is 7.02. The van der Waals surface area contributed by atoms with Crippen LogP contribution in [0.15, 0.2) is 203 Å². The molecule has 0 fully saturated rings. The van der Waals surface area contributed by atoms with Crippen molar-refractivity contribution in [1.82, 2.24) is 19.5 Å². The molecule has 0 aliphatic heterocycles. The molecule has 0 aliphatic rings. The summed E-state index contributed by atoms with van der Waals surface area (Å²) in [5, 5.41) is 13.6. The van der Waals surface area contributed by atoms with Gasteiger partial charge in [-0.15, -0.1) is 0 Å². The molecule has 6 heteroatoms. The third-order valence-corrected chi connectivity index (χ3v) is 12.8. The predicted octanol–water partition coefficient (Wildman–Crippen LogP) is 15.2. The molecule has 4 heterocycles. The Bertz CT molecular complexity index is 4220. The minimum absolute atomic E-state index is 0.563. The lowest BCUT2D eigenvalue weighted by atomic mass is 10.0. The van der Waals surface area contributed by atoms with Gasteiger partial charge in [0.1, 0.15) is 22.3 Å². The van der Waals surface area contributed by atoms with Gasteiger partial charge in [-0.25, -0.2) is 15.0 Å². The molecule has 63 heavy (non-hydrogen) atoms. The van der Waals surface area contributed by atoms with Crippen molar-refractivity contribution >= 4 is 98.0 Å². The highest BCUT2D eigenvalue weighted by Crippen LogP contribution is 2.44. The van der Waals surface area contributed by atoms with Gasteiger partial charge in [-0.2, -0.15) is 0 Å². The van der Waals surface area contributed by atoms with Crippen LogP contribution in [0.25, 0.3) is 138 Å². The van der Waals surface area contributed by atoms with E-state index in [-0.39, 0.29) is 0 Å². The van der Waals surface area contributed by atoms with Crippen LogP contribution in [0, 0.1) is 0 Å². The fourth-order valence-electron chi connectivity index (χ4n) is 9.83. The number of furan rings is 2. The molecule has 0 radical (unpaired) electrons. The molecule has 0 aliphatic carbocycles. The SMILES string of the molecule is c1ccc(-c2nc(-c3ccc4c(c3)oc3c5ccccc5c(-n5c6cc7ccccc7cc6c6ccc7ccccc7c65)cc43)nc(-c3ccc4oc5ccccc5c4c3)n2)cc1. The lowest BCUT2D eigenvalue weighted by molar-refractivity contribution is 0.669. The highest BCUT2D eigenvalue weighted by atomic mass is 16.3. The van der Waals surface area contributed by atoms with Crippen LogP contribution in [0.1, 0.15) is 0 Å². The fourth-order valence-corrected chi connectivity index (χ4v) is 9.83. The van der Waals surface area contributed by atoms with Crippen molar-refractivity contribution in [3.8, 4) is 39.9 Å². The smallest absolute Gasteiger partial charge is 0.164 e. The summed E-state index contributed by atoms with van der Waals surface area (Å²) in [4.78, 5) is 15.3. The zero-order chi connectivity index (χ0) is 41.2. The van der Waals surface area contributed by atoms with Crippen LogP contribution in [-0.2, 0) is 0 Å². The molecular formula is C57H32N4O2. The molecule has 6 nitrogen and oxygen atoms in total. The molecule has 0 saturated carbocycles. The average molecular weight is 805 g/mol. The maximum absolute atomic E-state index is 6.92. The summed E-state index contributed by atoms with van der Waals surface area (Å²) >= 11 is 0. The van der Waals surface area contributed by atoms with Crippen LogP contribution in [0.5, 0.6) is 0 Å². The molecular weight excluding hydrogens is 773 g/mol. The number of hydrogen-bond acceptors (Lipinski definition) is 5. The molecule has 292 valence electrons. The van der Waals surface area contributed by atoms with Gasteiger partial charge >= 0.3 is 0 Å². The van der Waals surface area contributed by atoms with E-state index in [9.17, 15) is 0 Å². The standard InChI is InChI=1S/C57H32N4O2/c1-2-13-34(14-3-1)55-58-56(37-24-27-51-46(29-37)41-19-10-11-21-50(41)62-51)60-57(59-55)38-23-25-42-47-32-49(40-18-8-9-20-44(40)54(47)63-52(42)31-38)61-48-30-36-16-5-4-15-35(36)28-45(48)43-26-22-33-12-6-7-17-39(33)53(43)61/h1-32H. The first-order valence-electron chi connectivity index (χ1n) is 21.2. The summed E-state index contributed by atoms with van der Waals surface area (Å²) in [6.45, 7) is 0. The van der Waals surface area contributed by atoms with Crippen molar-refractivity contribution < 1.29 is 8.83 Å². The Balaban J connectivity index is 0.996. The maximum Gasteiger partial charge on any atom is 0.164 e. The fraction of sp³-hybridized carbons (Fsp3) is 0. The van der Waals surface area contributed by atoms with Crippen LogP contribution in [0.3, 0.4) is 0 Å². The predicted molar refractivity (Wildman–Crippen MR) is 258 cm³/mol. The maximum atomic E-state index is 6.92. The van der Waals surface area contributed by atoms with Gasteiger partial charge in [-0.3, -0.25) is 0 Å². The minimum Gasteiger partial charge on any atom is -0.456 e. The lowest BCUT2D eigenvalue weighted by Crippen LogP contribution is -2.00. The van der Waals surface area contributed by atoms with Gasteiger partial charge in [0.2, 0.25) is 0 Å². The van der Waals surface area contributed by atoms with Crippen LogP contribution in [0.4, 0.5) is 0 Å². The van der Waals surface area contributed by atoms with Crippen molar-refractivity contribution in [1.29, 1.82) is 0 Å². The highest BCUT2D eigenvalue weighted by molar-refractivity contribution is 6.23. The zero-order valence-corrected chi connectivity index (χ0v) is 33.6. The first-order chi connectivity index (χ1) is 31.2. The first-order valence-corrected chi connectivity index (χ1v) is 21.2. The summed E-state index contributed by atoms with van der Waals surface area (Å²) in [6, 6.07) is 68.1. The van der Waals surface area contributed by atoms with Crippen molar-refractivity contribution in [2.75, 3.05) is 0 Å². The van der Waals surface area contributed by atoms with E-state index >= 15 is 0 Å². The lowest BCUT2D eigenvalue weighted by Gasteiger charge is -2.14. The Hall–Kier alpha value is -8.61. The normalized spacial score (nSPS) is 12.1. The van der Waals surface area contributed by atoms with E-state index in [2.05, 4.69) is 138 Å². The number of para-hydroxylation sites is 1. The van der Waals surface area contributed by atoms with Gasteiger partial charge < -0.3 is 13.4 Å². The molecule has 14 aromatic rings. The molecule has 0 unspecified atom stereocenters. The highest BCUT2D eigenvalue weighted by Gasteiger charge is 2.22. The third-order valence-electron chi connectivity index (χ3n) is 12.8. The van der Waals surface area contributed by atoms with E-state index in [1.54, 1.807) is 0 Å². The van der Waals surface area contributed by atoms with E-state index < -0.39 is 0 Å². The summed E-state index contributed by atoms with van der Waals surface area (Å²) < 4.78 is 15.6. The number of aromatic nitrogens is 4. The number of hydrogen-bond donors (Lipinski definition) is 0. The minimum atomic E-state index is 0.563. The molecule has 0 bridgehead atoms. The van der Waals surface area contributed by atoms with Crippen molar-refractivity contribution in [3.63, 3.8) is 0 Å². The number of benzene rings is 10. The monoisotopic (exact) mass is 804 g/mol. The largest absolute Gasteiger partial charge is 0.456 e. The summed E-state index contributed by atoms with van der Waals surface area (Å²) in [7, 11) is 0. The van der Waals surface area contributed by atoms with Gasteiger partial charge in [0.05, 0.1) is 16.7 Å². The van der Waals surface area contributed by atoms with Gasteiger partial charge in [0, 0.05) is 65.2 Å². The van der Waals surface area contributed by atoms with Crippen LogP contribution in [0.2, 0.25) is 0 Å². The first kappa shape index (κ1) is 34.1. The quantitative estimate of drug-likeness (QED) is 0.177. The third kappa shape index (κ3) is 5.09. The molecule has 4 aromatic heterocycles. The van der Waals surface area contributed by atoms with E-state index in [1.165, 1.54) is 43.4 Å². The number of rotatable bonds is 4. The van der Waals surface area contributed by atoms with Crippen molar-refractivity contribution in [3.05, 3.63) is 194 Å². The summed E-state index contributed by atoms with van der Waals surface area (Å²) in [5.41, 5.74) is 9.37. The molecule has 10 aromatic carbocycles. The Morgan fingerprint density at radius 1 is 0.317 bits per heavy atom. The summed E-state index contributed by atoms with van der Waals surface area (Å²) in [6.07, 6.45) is 0. The molecule has 0 atom stereocenters. The van der Waals surface area contributed by atoms with E-state index in [0.717, 1.165) is 77.0 Å². The van der Waals surface area contributed by atoms with Crippen molar-refractivity contribution in [2.45, 2.75) is 0 Å². The topological polar surface area (TPSA) is 69.9 Å². The summed E-state index contributed by atoms with van der Waals surface area (Å²) in [5.74, 6) is 1.74. The van der Waals surface area contributed by atoms with Gasteiger partial charge in [0.25, 0.3) is 0 Å². The Morgan fingerprint density at radius 2 is 0.921 bits per heavy atom. The van der Waals surface area contributed by atoms with Gasteiger partial charge in [0.15, 0.2) is 17.5 Å². The molecule has 0 saturated heterocycles. The van der Waals surface area contributed by atoms with E-state index in [0.29, 0.717) is 17.5 Å². The van der Waals surface area contributed by atoms with Crippen molar-refractivity contribution in [2.24, 2.45) is 0 Å². The second kappa shape index (κ2) is 12.9. The molecule has 0 amide bonds. The van der Waals surface area contributed by atoms with Crippen LogP contribution in [-0.4, -0.2) is 19.5 Å². The van der Waals surface area contributed by atoms with Crippen LogP contribution >= 0.6 is 0 Å². The van der Waals surface area contributed by atoms with Gasteiger partial charge in [-0.05, 0) is 70.8 Å². The number of fused-ring (bicyclic) bond motifs is 14. The Labute approximate surface area is 358 Å². The second-order valence-electron chi connectivity index (χ2n) is 16.3.